The molecule has 0 unspecified atom stereocenters. The molecule has 1 heterocycles. The largest absolute Gasteiger partial charge is 0.341 e. The second-order valence-electron chi connectivity index (χ2n) is 1.72. The Hall–Kier alpha value is -0.350. The maximum absolute atomic E-state index is 4.75. The van der Waals surface area contributed by atoms with Crippen LogP contribution in [-0.2, 0) is 0 Å². The third-order valence-electron chi connectivity index (χ3n) is 0.905. The van der Waals surface area contributed by atoms with Crippen LogP contribution >= 0.6 is 24.8 Å². The van der Waals surface area contributed by atoms with Crippen molar-refractivity contribution >= 4 is 29.0 Å². The minimum atomic E-state index is 0.503. The number of thiol groups is 1. The van der Waals surface area contributed by atoms with Gasteiger partial charge in [-0.25, -0.2) is 4.98 Å². The second kappa shape index (κ2) is 2.49. The van der Waals surface area contributed by atoms with Crippen LogP contribution in [0.15, 0.2) is 6.20 Å². The summed E-state index contributed by atoms with van der Waals surface area (Å²) in [5.41, 5.74) is 1.00. The van der Waals surface area contributed by atoms with Crippen LogP contribution in [0.4, 0.5) is 0 Å². The average molecular weight is 158 g/mol. The number of nitrogens with one attached hydrogen (secondary N) is 1. The molecule has 0 radical (unpaired) electrons. The van der Waals surface area contributed by atoms with Crippen molar-refractivity contribution in [2.75, 3.05) is 0 Å². The van der Waals surface area contributed by atoms with Crippen molar-refractivity contribution < 1.29 is 0 Å². The molecule has 9 heavy (non-hydrogen) atoms. The Morgan fingerprint density at radius 3 is 2.78 bits per heavy atom. The molecule has 0 aliphatic rings. The minimum Gasteiger partial charge on any atom is -0.341 e. The van der Waals surface area contributed by atoms with Crippen LogP contribution in [0.2, 0.25) is 0 Å². The molecular formula is C5H6N2S2. The van der Waals surface area contributed by atoms with Crippen LogP contribution in [-0.4, -0.2) is 14.2 Å². The first-order valence-corrected chi connectivity index (χ1v) is 3.30. The van der Waals surface area contributed by atoms with Crippen LogP contribution in [0.1, 0.15) is 11.5 Å². The van der Waals surface area contributed by atoms with Gasteiger partial charge in [0.15, 0.2) is 5.82 Å². The highest BCUT2D eigenvalue weighted by atomic mass is 32.1. The summed E-state index contributed by atoms with van der Waals surface area (Å²) >= 11 is 8.68. The lowest BCUT2D eigenvalue weighted by Crippen LogP contribution is -1.88. The molecule has 1 N–H and O–H groups in total. The summed E-state index contributed by atoms with van der Waals surface area (Å²) in [4.78, 5) is 6.89. The van der Waals surface area contributed by atoms with Crippen LogP contribution in [0, 0.1) is 6.92 Å². The molecule has 1 rings (SSSR count). The van der Waals surface area contributed by atoms with Gasteiger partial charge in [0.25, 0.3) is 0 Å². The Labute approximate surface area is 64.1 Å². The third-order valence-corrected chi connectivity index (χ3v) is 1.31. The number of thiocarbonyl (C=S) groups is 1. The number of imidazole rings is 1. The maximum atomic E-state index is 4.75. The molecule has 0 atom stereocenters. The van der Waals surface area contributed by atoms with Gasteiger partial charge >= 0.3 is 0 Å². The Kier molecular flexibility index (Phi) is 1.87. The van der Waals surface area contributed by atoms with Crippen molar-refractivity contribution in [2.24, 2.45) is 0 Å². The SMILES string of the molecule is Cc1cnc(C(=S)S)[nH]1. The molecule has 48 valence electrons. The van der Waals surface area contributed by atoms with Crippen molar-refractivity contribution in [1.29, 1.82) is 0 Å². The Morgan fingerprint density at radius 2 is 2.56 bits per heavy atom. The summed E-state index contributed by atoms with van der Waals surface area (Å²) < 4.78 is 0.503. The number of H-pyrrole nitrogens is 1. The number of hydrogen-bond acceptors (Lipinski definition) is 2. The topological polar surface area (TPSA) is 28.7 Å². The highest BCUT2D eigenvalue weighted by Crippen LogP contribution is 1.99. The predicted octanol–water partition coefficient (Wildman–Crippen LogP) is 1.32. The molecule has 1 aromatic rings. The zero-order chi connectivity index (χ0) is 6.85. The molecule has 0 fully saturated rings. The highest BCUT2D eigenvalue weighted by Gasteiger charge is 1.97. The van der Waals surface area contributed by atoms with Gasteiger partial charge in [-0.05, 0) is 6.92 Å². The van der Waals surface area contributed by atoms with Gasteiger partial charge in [-0.15, -0.1) is 12.6 Å². The molecule has 0 aliphatic carbocycles. The van der Waals surface area contributed by atoms with Crippen molar-refractivity contribution in [3.63, 3.8) is 0 Å². The Balaban J connectivity index is 2.98. The molecular weight excluding hydrogens is 152 g/mol. The maximum Gasteiger partial charge on any atom is 0.154 e. The first kappa shape index (κ1) is 6.77. The van der Waals surface area contributed by atoms with Gasteiger partial charge in [-0.3, -0.25) is 0 Å². The van der Waals surface area contributed by atoms with Gasteiger partial charge in [-0.1, -0.05) is 12.2 Å². The van der Waals surface area contributed by atoms with E-state index in [1.807, 2.05) is 6.92 Å². The Morgan fingerprint density at radius 1 is 1.89 bits per heavy atom. The van der Waals surface area contributed by atoms with Crippen LogP contribution in [0.3, 0.4) is 0 Å². The molecule has 0 saturated heterocycles. The molecule has 0 saturated carbocycles. The molecule has 0 aliphatic heterocycles. The van der Waals surface area contributed by atoms with Gasteiger partial charge in [0.1, 0.15) is 4.20 Å². The quantitative estimate of drug-likeness (QED) is 0.477. The van der Waals surface area contributed by atoms with Crippen molar-refractivity contribution in [3.05, 3.63) is 17.7 Å². The molecule has 0 spiro atoms. The van der Waals surface area contributed by atoms with E-state index in [1.165, 1.54) is 0 Å². The lowest BCUT2D eigenvalue weighted by atomic mass is 10.6. The Bertz CT molecular complexity index is 229. The zero-order valence-electron chi connectivity index (χ0n) is 4.88. The van der Waals surface area contributed by atoms with Gasteiger partial charge in [0.2, 0.25) is 0 Å². The third kappa shape index (κ3) is 1.53. The van der Waals surface area contributed by atoms with Crippen molar-refractivity contribution in [1.82, 2.24) is 9.97 Å². The average Bonchev–Trinajstić information content (AvgIpc) is 2.14. The lowest BCUT2D eigenvalue weighted by molar-refractivity contribution is 1.23. The fraction of sp³-hybridized carbons (Fsp3) is 0.200. The summed E-state index contributed by atoms with van der Waals surface area (Å²) in [7, 11) is 0. The standard InChI is InChI=1S/C5H6N2S2/c1-3-2-6-4(7-3)5(8)9/h2H,1H3,(H,6,7)(H,8,9). The van der Waals surface area contributed by atoms with E-state index in [4.69, 9.17) is 12.2 Å². The summed E-state index contributed by atoms with van der Waals surface area (Å²) in [6.07, 6.45) is 1.72. The predicted molar refractivity (Wildman–Crippen MR) is 44.0 cm³/mol. The first-order chi connectivity index (χ1) is 4.20. The van der Waals surface area contributed by atoms with E-state index in [-0.39, 0.29) is 0 Å². The summed E-state index contributed by atoms with van der Waals surface area (Å²) in [6, 6.07) is 0. The van der Waals surface area contributed by atoms with Gasteiger partial charge in [0, 0.05) is 11.9 Å². The molecule has 0 aromatic carbocycles. The van der Waals surface area contributed by atoms with E-state index in [9.17, 15) is 0 Å². The van der Waals surface area contributed by atoms with Crippen LogP contribution in [0.25, 0.3) is 0 Å². The first-order valence-electron chi connectivity index (χ1n) is 2.45. The zero-order valence-corrected chi connectivity index (χ0v) is 6.59. The van der Waals surface area contributed by atoms with Crippen molar-refractivity contribution in [2.45, 2.75) is 6.92 Å². The molecule has 1 aromatic heterocycles. The van der Waals surface area contributed by atoms with E-state index in [2.05, 4.69) is 22.6 Å². The number of aromatic amines is 1. The lowest BCUT2D eigenvalue weighted by Gasteiger charge is -1.84. The monoisotopic (exact) mass is 158 g/mol. The van der Waals surface area contributed by atoms with E-state index in [0.29, 0.717) is 10.0 Å². The number of hydrogen-bond donors (Lipinski definition) is 2. The van der Waals surface area contributed by atoms with Gasteiger partial charge in [0.05, 0.1) is 0 Å². The molecule has 2 nitrogen and oxygen atoms in total. The van der Waals surface area contributed by atoms with Crippen molar-refractivity contribution in [3.8, 4) is 0 Å². The fourth-order valence-electron chi connectivity index (χ4n) is 0.521. The molecule has 0 amide bonds. The van der Waals surface area contributed by atoms with Gasteiger partial charge in [-0.2, -0.15) is 0 Å². The summed E-state index contributed by atoms with van der Waals surface area (Å²) in [6.45, 7) is 1.92. The smallest absolute Gasteiger partial charge is 0.154 e. The molecule has 4 heteroatoms. The fourth-order valence-corrected chi connectivity index (χ4v) is 0.739. The highest BCUT2D eigenvalue weighted by molar-refractivity contribution is 8.11. The van der Waals surface area contributed by atoms with E-state index in [1.54, 1.807) is 6.20 Å². The summed E-state index contributed by atoms with van der Waals surface area (Å²) in [5, 5.41) is 0. The number of aryl methyl sites for hydroxylation is 1. The van der Waals surface area contributed by atoms with E-state index >= 15 is 0 Å². The van der Waals surface area contributed by atoms with Crippen LogP contribution < -0.4 is 0 Å². The number of rotatable bonds is 1. The van der Waals surface area contributed by atoms with E-state index < -0.39 is 0 Å². The van der Waals surface area contributed by atoms with Gasteiger partial charge < -0.3 is 4.98 Å². The van der Waals surface area contributed by atoms with Crippen LogP contribution in [0.5, 0.6) is 0 Å². The summed E-state index contributed by atoms with van der Waals surface area (Å²) in [5.74, 6) is 0.672. The minimum absolute atomic E-state index is 0.503. The number of aromatic nitrogens is 2. The normalized spacial score (nSPS) is 9.56. The molecule has 0 bridgehead atoms. The number of nitrogens with zero attached hydrogens (tertiary/aromatic N) is 1. The second-order valence-corrected chi connectivity index (χ2v) is 2.88. The van der Waals surface area contributed by atoms with E-state index in [0.717, 1.165) is 5.69 Å².